The number of carbonyl (C=O) groups excluding carboxylic acids is 1. The van der Waals surface area contributed by atoms with Crippen LogP contribution in [0.1, 0.15) is 39.5 Å². The maximum Gasteiger partial charge on any atom is 0.189 e. The van der Waals surface area contributed by atoms with Crippen LogP contribution >= 0.6 is 11.8 Å². The lowest BCUT2D eigenvalue weighted by atomic mass is 9.98. The Bertz CT molecular complexity index is 232. The summed E-state index contributed by atoms with van der Waals surface area (Å²) in [6.07, 6.45) is 4.46. The SMILES string of the molecule is CCCC(=O)SCC[N+]1(C)CCCC(C)C1. The summed E-state index contributed by atoms with van der Waals surface area (Å²) in [7, 11) is 2.35. The third-order valence-corrected chi connectivity index (χ3v) is 4.41. The van der Waals surface area contributed by atoms with Gasteiger partial charge in [0.15, 0.2) is 5.12 Å². The number of hydrogen-bond acceptors (Lipinski definition) is 2. The van der Waals surface area contributed by atoms with E-state index in [0.29, 0.717) is 5.12 Å². The predicted molar refractivity (Wildman–Crippen MR) is 71.6 cm³/mol. The molecule has 0 aliphatic carbocycles. The lowest BCUT2D eigenvalue weighted by Crippen LogP contribution is -2.51. The van der Waals surface area contributed by atoms with Gasteiger partial charge in [-0.1, -0.05) is 25.6 Å². The van der Waals surface area contributed by atoms with Gasteiger partial charge in [0.05, 0.1) is 32.4 Å². The van der Waals surface area contributed by atoms with Crippen LogP contribution in [0.4, 0.5) is 0 Å². The molecule has 0 amide bonds. The standard InChI is InChI=1S/C13H26NOS/c1-4-6-13(15)16-10-9-14(3)8-5-7-12(2)11-14/h12H,4-11H2,1-3H3/q+1. The van der Waals surface area contributed by atoms with Gasteiger partial charge in [0.2, 0.25) is 0 Å². The molecular formula is C13H26NOS+. The fourth-order valence-corrected chi connectivity index (χ4v) is 3.72. The molecule has 3 heteroatoms. The van der Waals surface area contributed by atoms with Crippen molar-refractivity contribution in [2.45, 2.75) is 39.5 Å². The number of carbonyl (C=O) groups is 1. The van der Waals surface area contributed by atoms with Crippen LogP contribution < -0.4 is 0 Å². The van der Waals surface area contributed by atoms with E-state index in [4.69, 9.17) is 0 Å². The van der Waals surface area contributed by atoms with Crippen molar-refractivity contribution in [1.82, 2.24) is 0 Å². The molecule has 0 spiro atoms. The Morgan fingerprint density at radius 3 is 2.88 bits per heavy atom. The zero-order valence-electron chi connectivity index (χ0n) is 11.0. The monoisotopic (exact) mass is 244 g/mol. The molecule has 94 valence electrons. The Morgan fingerprint density at radius 2 is 2.25 bits per heavy atom. The highest BCUT2D eigenvalue weighted by molar-refractivity contribution is 8.13. The van der Waals surface area contributed by atoms with Crippen LogP contribution in [0.25, 0.3) is 0 Å². The Hall–Kier alpha value is -0.0200. The number of likely N-dealkylation sites (tertiary alicyclic amines) is 1. The normalized spacial score (nSPS) is 30.3. The molecule has 0 bridgehead atoms. The number of rotatable bonds is 5. The van der Waals surface area contributed by atoms with Crippen LogP contribution in [-0.4, -0.2) is 42.0 Å². The van der Waals surface area contributed by atoms with Gasteiger partial charge >= 0.3 is 0 Å². The van der Waals surface area contributed by atoms with Crippen molar-refractivity contribution < 1.29 is 9.28 Å². The first-order chi connectivity index (χ1) is 7.56. The minimum Gasteiger partial charge on any atom is -0.325 e. The highest BCUT2D eigenvalue weighted by atomic mass is 32.2. The summed E-state index contributed by atoms with van der Waals surface area (Å²) in [6.45, 7) is 8.17. The van der Waals surface area contributed by atoms with Crippen molar-refractivity contribution in [1.29, 1.82) is 0 Å². The zero-order valence-corrected chi connectivity index (χ0v) is 11.8. The van der Waals surface area contributed by atoms with Gasteiger partial charge in [-0.25, -0.2) is 0 Å². The second-order valence-corrected chi connectivity index (χ2v) is 6.62. The van der Waals surface area contributed by atoms with Gasteiger partial charge < -0.3 is 4.48 Å². The number of hydrogen-bond donors (Lipinski definition) is 0. The molecule has 0 radical (unpaired) electrons. The van der Waals surface area contributed by atoms with Gasteiger partial charge in [0.25, 0.3) is 0 Å². The summed E-state index contributed by atoms with van der Waals surface area (Å²) in [5.74, 6) is 1.86. The van der Waals surface area contributed by atoms with E-state index < -0.39 is 0 Å². The quantitative estimate of drug-likeness (QED) is 0.692. The molecule has 1 saturated heterocycles. The van der Waals surface area contributed by atoms with Crippen LogP contribution in [0.5, 0.6) is 0 Å². The van der Waals surface area contributed by atoms with Crippen molar-refractivity contribution >= 4 is 16.9 Å². The Morgan fingerprint density at radius 1 is 1.50 bits per heavy atom. The first kappa shape index (κ1) is 14.0. The highest BCUT2D eigenvalue weighted by Crippen LogP contribution is 2.22. The van der Waals surface area contributed by atoms with Crippen LogP contribution in [0.2, 0.25) is 0 Å². The molecule has 1 aliphatic rings. The van der Waals surface area contributed by atoms with Gasteiger partial charge in [-0.15, -0.1) is 0 Å². The van der Waals surface area contributed by atoms with Gasteiger partial charge in [-0.2, -0.15) is 0 Å². The largest absolute Gasteiger partial charge is 0.325 e. The smallest absolute Gasteiger partial charge is 0.189 e. The second-order valence-electron chi connectivity index (χ2n) is 5.47. The average molecular weight is 244 g/mol. The van der Waals surface area contributed by atoms with Gasteiger partial charge in [0.1, 0.15) is 0 Å². The van der Waals surface area contributed by atoms with Crippen molar-refractivity contribution in [3.8, 4) is 0 Å². The summed E-state index contributed by atoms with van der Waals surface area (Å²) in [6, 6.07) is 0. The van der Waals surface area contributed by atoms with E-state index in [1.54, 1.807) is 0 Å². The number of thioether (sulfide) groups is 1. The zero-order chi connectivity index (χ0) is 12.0. The predicted octanol–water partition coefficient (Wildman–Crippen LogP) is 2.92. The first-order valence-corrected chi connectivity index (χ1v) is 7.53. The summed E-state index contributed by atoms with van der Waals surface area (Å²) in [4.78, 5) is 11.4. The van der Waals surface area contributed by atoms with Crippen molar-refractivity contribution in [3.05, 3.63) is 0 Å². The third kappa shape index (κ3) is 4.88. The number of nitrogens with zero attached hydrogens (tertiary/aromatic N) is 1. The Kier molecular flexibility index (Phi) is 5.84. The summed E-state index contributed by atoms with van der Waals surface area (Å²) in [5, 5.41) is 0.374. The molecule has 2 nitrogen and oxygen atoms in total. The van der Waals surface area contributed by atoms with Gasteiger partial charge in [0, 0.05) is 12.3 Å². The van der Waals surface area contributed by atoms with Crippen LogP contribution in [0.3, 0.4) is 0 Å². The van der Waals surface area contributed by atoms with Crippen LogP contribution in [0.15, 0.2) is 0 Å². The van der Waals surface area contributed by atoms with E-state index in [2.05, 4.69) is 20.9 Å². The second kappa shape index (κ2) is 6.65. The molecule has 0 aromatic heterocycles. The van der Waals surface area contributed by atoms with Crippen LogP contribution in [-0.2, 0) is 4.79 Å². The minimum atomic E-state index is 0.374. The maximum atomic E-state index is 11.4. The molecule has 0 saturated carbocycles. The number of piperidine rings is 1. The summed E-state index contributed by atoms with van der Waals surface area (Å²) < 4.78 is 1.17. The molecule has 16 heavy (non-hydrogen) atoms. The third-order valence-electron chi connectivity index (χ3n) is 3.50. The van der Waals surface area contributed by atoms with E-state index in [1.165, 1.54) is 42.2 Å². The minimum absolute atomic E-state index is 0.374. The molecular weight excluding hydrogens is 218 g/mol. The molecule has 1 aliphatic heterocycles. The fraction of sp³-hybridized carbons (Fsp3) is 0.923. The summed E-state index contributed by atoms with van der Waals surface area (Å²) in [5.41, 5.74) is 0. The Balaban J connectivity index is 2.22. The van der Waals surface area contributed by atoms with Gasteiger partial charge in [-0.3, -0.25) is 4.79 Å². The molecule has 1 rings (SSSR count). The lowest BCUT2D eigenvalue weighted by Gasteiger charge is -2.40. The Labute approximate surface area is 104 Å². The summed E-state index contributed by atoms with van der Waals surface area (Å²) >= 11 is 1.54. The van der Waals surface area contributed by atoms with Crippen LogP contribution in [0, 0.1) is 5.92 Å². The van der Waals surface area contributed by atoms with E-state index in [0.717, 1.165) is 31.1 Å². The highest BCUT2D eigenvalue weighted by Gasteiger charge is 2.28. The maximum absolute atomic E-state index is 11.4. The van der Waals surface area contributed by atoms with Crippen molar-refractivity contribution in [2.24, 2.45) is 5.92 Å². The molecule has 0 aromatic carbocycles. The molecule has 0 aromatic rings. The van der Waals surface area contributed by atoms with E-state index >= 15 is 0 Å². The topological polar surface area (TPSA) is 17.1 Å². The fourth-order valence-electron chi connectivity index (χ4n) is 2.62. The molecule has 0 N–H and O–H groups in total. The lowest BCUT2D eigenvalue weighted by molar-refractivity contribution is -0.915. The first-order valence-electron chi connectivity index (χ1n) is 6.55. The molecule has 1 fully saturated rings. The average Bonchev–Trinajstić information content (AvgIpc) is 2.17. The van der Waals surface area contributed by atoms with Crippen molar-refractivity contribution in [3.63, 3.8) is 0 Å². The molecule has 2 atom stereocenters. The molecule has 2 unspecified atom stereocenters. The van der Waals surface area contributed by atoms with Gasteiger partial charge in [-0.05, 0) is 19.3 Å². The molecule has 1 heterocycles. The van der Waals surface area contributed by atoms with Crippen molar-refractivity contribution in [2.75, 3.05) is 32.4 Å². The van der Waals surface area contributed by atoms with E-state index in [9.17, 15) is 4.79 Å². The van der Waals surface area contributed by atoms with E-state index in [1.807, 2.05) is 0 Å². The number of quaternary nitrogens is 1. The van der Waals surface area contributed by atoms with E-state index in [-0.39, 0.29) is 0 Å².